The molecule has 18 heavy (non-hydrogen) atoms. The van der Waals surface area contributed by atoms with Crippen LogP contribution in [0.4, 0.5) is 0 Å². The summed E-state index contributed by atoms with van der Waals surface area (Å²) in [6, 6.07) is 11.4. The summed E-state index contributed by atoms with van der Waals surface area (Å²) in [7, 11) is 0. The van der Waals surface area contributed by atoms with Crippen LogP contribution in [0.25, 0.3) is 5.69 Å². The topological polar surface area (TPSA) is 51.5 Å². The highest BCUT2D eigenvalue weighted by Crippen LogP contribution is 2.40. The highest BCUT2D eigenvalue weighted by Gasteiger charge is 2.38. The maximum absolute atomic E-state index is 11.0. The van der Waals surface area contributed by atoms with Gasteiger partial charge in [0, 0.05) is 6.20 Å². The molecule has 4 heteroatoms. The number of ether oxygens (including phenoxy) is 1. The van der Waals surface area contributed by atoms with Crippen molar-refractivity contribution in [2.75, 3.05) is 0 Å². The maximum atomic E-state index is 11.0. The van der Waals surface area contributed by atoms with Gasteiger partial charge in [-0.25, -0.2) is 0 Å². The minimum absolute atomic E-state index is 0.0641. The second-order valence-electron chi connectivity index (χ2n) is 4.63. The number of carbonyl (C=O) groups is 1. The highest BCUT2D eigenvalue weighted by atomic mass is 16.5. The first-order valence-electron chi connectivity index (χ1n) is 5.78. The number of benzene rings is 1. The number of hydrogen-bond acceptors (Lipinski definition) is 2. The molecule has 2 aromatic rings. The second kappa shape index (κ2) is 3.63. The fourth-order valence-corrected chi connectivity index (χ4v) is 2.47. The average Bonchev–Trinajstić information content (AvgIpc) is 2.78. The molecule has 0 spiro atoms. The first-order valence-corrected chi connectivity index (χ1v) is 5.78. The van der Waals surface area contributed by atoms with Crippen LogP contribution in [0.5, 0.6) is 5.75 Å². The van der Waals surface area contributed by atoms with Gasteiger partial charge in [0.1, 0.15) is 5.75 Å². The standard InChI is InChI=1S/C14H13NO3/c1-14(9-13(16)17)12-7-4-8-15(12)10-5-2-3-6-11(10)18-14/h2-8H,9H2,1H3,(H,16,17). The van der Waals surface area contributed by atoms with Gasteiger partial charge < -0.3 is 14.4 Å². The van der Waals surface area contributed by atoms with Crippen LogP contribution in [-0.2, 0) is 10.4 Å². The average molecular weight is 243 g/mol. The van der Waals surface area contributed by atoms with E-state index in [2.05, 4.69) is 0 Å². The SMILES string of the molecule is CC1(CC(=O)O)Oc2ccccc2-n2cccc21. The number of fused-ring (bicyclic) bond motifs is 3. The van der Waals surface area contributed by atoms with E-state index in [0.29, 0.717) is 5.75 Å². The Morgan fingerprint density at radius 2 is 2.11 bits per heavy atom. The van der Waals surface area contributed by atoms with E-state index in [1.165, 1.54) is 0 Å². The van der Waals surface area contributed by atoms with Crippen LogP contribution in [0.3, 0.4) is 0 Å². The molecule has 1 aromatic carbocycles. The van der Waals surface area contributed by atoms with Gasteiger partial charge in [0.15, 0.2) is 5.60 Å². The van der Waals surface area contributed by atoms with Gasteiger partial charge in [-0.2, -0.15) is 0 Å². The lowest BCUT2D eigenvalue weighted by molar-refractivity contribution is -0.141. The minimum atomic E-state index is -0.871. The number of aliphatic carboxylic acids is 1. The Morgan fingerprint density at radius 3 is 2.89 bits per heavy atom. The lowest BCUT2D eigenvalue weighted by Crippen LogP contribution is -2.37. The Hall–Kier alpha value is -2.23. The number of nitrogens with zero attached hydrogens (tertiary/aromatic N) is 1. The molecule has 2 heterocycles. The van der Waals surface area contributed by atoms with E-state index in [9.17, 15) is 4.79 Å². The minimum Gasteiger partial charge on any atom is -0.481 e. The molecule has 0 amide bonds. The van der Waals surface area contributed by atoms with Gasteiger partial charge in [0.2, 0.25) is 0 Å². The number of carboxylic acid groups (broad SMARTS) is 1. The normalized spacial score (nSPS) is 20.7. The molecule has 1 aromatic heterocycles. The molecule has 1 N–H and O–H groups in total. The van der Waals surface area contributed by atoms with Crippen molar-refractivity contribution < 1.29 is 14.6 Å². The number of para-hydroxylation sites is 2. The quantitative estimate of drug-likeness (QED) is 0.881. The van der Waals surface area contributed by atoms with Gasteiger partial charge in [-0.3, -0.25) is 4.79 Å². The third-order valence-corrected chi connectivity index (χ3v) is 3.24. The van der Waals surface area contributed by atoms with E-state index in [4.69, 9.17) is 9.84 Å². The van der Waals surface area contributed by atoms with Crippen molar-refractivity contribution in [2.24, 2.45) is 0 Å². The Morgan fingerprint density at radius 1 is 1.33 bits per heavy atom. The van der Waals surface area contributed by atoms with Gasteiger partial charge in [0.05, 0.1) is 17.8 Å². The molecule has 0 radical (unpaired) electrons. The highest BCUT2D eigenvalue weighted by molar-refractivity contribution is 5.69. The predicted octanol–water partition coefficient (Wildman–Crippen LogP) is 2.56. The summed E-state index contributed by atoms with van der Waals surface area (Å²) in [6.07, 6.45) is 1.86. The van der Waals surface area contributed by atoms with Crippen LogP contribution >= 0.6 is 0 Å². The van der Waals surface area contributed by atoms with Crippen LogP contribution in [-0.4, -0.2) is 15.6 Å². The Bertz CT molecular complexity index is 617. The molecule has 1 atom stereocenters. The monoisotopic (exact) mass is 243 g/mol. The van der Waals surface area contributed by atoms with Crippen LogP contribution in [0.2, 0.25) is 0 Å². The molecule has 92 valence electrons. The summed E-state index contributed by atoms with van der Waals surface area (Å²) in [5, 5.41) is 9.05. The zero-order chi connectivity index (χ0) is 12.8. The number of aromatic nitrogens is 1. The Labute approximate surface area is 104 Å². The van der Waals surface area contributed by atoms with E-state index < -0.39 is 11.6 Å². The Kier molecular flexibility index (Phi) is 2.20. The van der Waals surface area contributed by atoms with Crippen LogP contribution in [0, 0.1) is 0 Å². The summed E-state index contributed by atoms with van der Waals surface area (Å²) < 4.78 is 7.90. The van der Waals surface area contributed by atoms with Crippen molar-refractivity contribution >= 4 is 5.97 Å². The first kappa shape index (κ1) is 10.9. The van der Waals surface area contributed by atoms with Crippen LogP contribution < -0.4 is 4.74 Å². The third-order valence-electron chi connectivity index (χ3n) is 3.24. The van der Waals surface area contributed by atoms with Gasteiger partial charge in [-0.1, -0.05) is 12.1 Å². The molecular formula is C14H13NO3. The summed E-state index contributed by atoms with van der Waals surface area (Å²) in [5.41, 5.74) is 0.980. The predicted molar refractivity (Wildman–Crippen MR) is 66.0 cm³/mol. The molecular weight excluding hydrogens is 230 g/mol. The van der Waals surface area contributed by atoms with E-state index in [1.807, 2.05) is 54.1 Å². The summed E-state index contributed by atoms with van der Waals surface area (Å²) in [4.78, 5) is 11.0. The molecule has 0 aliphatic carbocycles. The number of rotatable bonds is 2. The van der Waals surface area contributed by atoms with Gasteiger partial charge in [-0.05, 0) is 31.2 Å². The molecule has 1 unspecified atom stereocenters. The van der Waals surface area contributed by atoms with Crippen molar-refractivity contribution in [1.29, 1.82) is 0 Å². The Balaban J connectivity index is 2.18. The fraction of sp³-hybridized carbons (Fsp3) is 0.214. The van der Waals surface area contributed by atoms with Crippen molar-refractivity contribution in [2.45, 2.75) is 18.9 Å². The van der Waals surface area contributed by atoms with Crippen LogP contribution in [0.15, 0.2) is 42.6 Å². The van der Waals surface area contributed by atoms with Crippen molar-refractivity contribution in [1.82, 2.24) is 4.57 Å². The van der Waals surface area contributed by atoms with Crippen LogP contribution in [0.1, 0.15) is 19.0 Å². The zero-order valence-electron chi connectivity index (χ0n) is 9.96. The molecule has 4 nitrogen and oxygen atoms in total. The lowest BCUT2D eigenvalue weighted by Gasteiger charge is -2.36. The molecule has 0 bridgehead atoms. The molecule has 1 aliphatic heterocycles. The van der Waals surface area contributed by atoms with E-state index in [-0.39, 0.29) is 6.42 Å². The van der Waals surface area contributed by atoms with Gasteiger partial charge in [-0.15, -0.1) is 0 Å². The molecule has 3 rings (SSSR count). The van der Waals surface area contributed by atoms with Crippen molar-refractivity contribution in [3.05, 3.63) is 48.3 Å². The number of hydrogen-bond donors (Lipinski definition) is 1. The molecule has 1 aliphatic rings. The molecule has 0 saturated heterocycles. The van der Waals surface area contributed by atoms with E-state index >= 15 is 0 Å². The van der Waals surface area contributed by atoms with Crippen molar-refractivity contribution in [3.8, 4) is 11.4 Å². The smallest absolute Gasteiger partial charge is 0.307 e. The summed E-state index contributed by atoms with van der Waals surface area (Å²) in [6.45, 7) is 1.81. The van der Waals surface area contributed by atoms with Crippen molar-refractivity contribution in [3.63, 3.8) is 0 Å². The van der Waals surface area contributed by atoms with Gasteiger partial charge >= 0.3 is 5.97 Å². The molecule has 0 saturated carbocycles. The molecule has 0 fully saturated rings. The largest absolute Gasteiger partial charge is 0.481 e. The maximum Gasteiger partial charge on any atom is 0.307 e. The zero-order valence-corrected chi connectivity index (χ0v) is 9.96. The third kappa shape index (κ3) is 1.49. The van der Waals surface area contributed by atoms with E-state index in [1.54, 1.807) is 0 Å². The lowest BCUT2D eigenvalue weighted by atomic mass is 9.95. The second-order valence-corrected chi connectivity index (χ2v) is 4.63. The van der Waals surface area contributed by atoms with Gasteiger partial charge in [0.25, 0.3) is 0 Å². The fourth-order valence-electron chi connectivity index (χ4n) is 2.47. The summed E-state index contributed by atoms with van der Waals surface area (Å²) >= 11 is 0. The first-order chi connectivity index (χ1) is 8.60. The number of carboxylic acids is 1. The van der Waals surface area contributed by atoms with E-state index in [0.717, 1.165) is 11.4 Å². The summed E-state index contributed by atoms with van der Waals surface area (Å²) in [5.74, 6) is -0.158.